The second-order valence-electron chi connectivity index (χ2n) is 22.5. The minimum absolute atomic E-state index is 0.0800. The maximum atomic E-state index is 10.6. The van der Waals surface area contributed by atoms with Crippen LogP contribution in [0.15, 0.2) is 291 Å². The van der Waals surface area contributed by atoms with Crippen molar-refractivity contribution in [1.82, 2.24) is 0 Å². The van der Waals surface area contributed by atoms with Gasteiger partial charge in [0, 0.05) is 11.1 Å². The van der Waals surface area contributed by atoms with Crippen LogP contribution in [0.25, 0.3) is 142 Å². The first-order valence-corrected chi connectivity index (χ1v) is 29.3. The topological polar surface area (TPSA) is 58.9 Å². The number of ether oxygens (including phenoxy) is 2. The van der Waals surface area contributed by atoms with E-state index in [0.29, 0.717) is 23.0 Å². The summed E-state index contributed by atoms with van der Waals surface area (Å²) in [5.74, 6) is 2.67. The second-order valence-corrected chi connectivity index (χ2v) is 22.5. The van der Waals surface area contributed by atoms with Gasteiger partial charge in [0.1, 0.15) is 23.0 Å². The zero-order valence-corrected chi connectivity index (χ0v) is 46.8. The molecule has 406 valence electrons. The van der Waals surface area contributed by atoms with Crippen LogP contribution in [0, 0.1) is 0 Å². The fourth-order valence-electron chi connectivity index (χ4n) is 13.1. The normalized spacial score (nSPS) is 11.7. The molecule has 16 aromatic rings. The molecule has 16 aromatic carbocycles. The lowest BCUT2D eigenvalue weighted by Crippen LogP contribution is -1.96. The van der Waals surface area contributed by atoms with Crippen LogP contribution in [0.5, 0.6) is 23.0 Å². The Labute approximate surface area is 497 Å². The molecule has 16 rings (SSSR count). The minimum Gasteiger partial charge on any atom is -0.457 e. The zero-order valence-electron chi connectivity index (χ0n) is 46.8. The minimum atomic E-state index is -0.0800. The Morgan fingerprint density at radius 2 is 0.570 bits per heavy atom. The van der Waals surface area contributed by atoms with E-state index in [9.17, 15) is 10.2 Å². The van der Waals surface area contributed by atoms with Gasteiger partial charge >= 0.3 is 0 Å². The molecule has 0 radical (unpaired) electrons. The third-order valence-electron chi connectivity index (χ3n) is 17.3. The summed E-state index contributed by atoms with van der Waals surface area (Å²) in [6, 6.07) is 103. The van der Waals surface area contributed by atoms with E-state index >= 15 is 0 Å². The lowest BCUT2D eigenvalue weighted by molar-refractivity contribution is 0.282. The van der Waals surface area contributed by atoms with Crippen molar-refractivity contribution in [1.29, 1.82) is 0 Å². The summed E-state index contributed by atoms with van der Waals surface area (Å²) in [5.41, 5.74) is 12.2. The van der Waals surface area contributed by atoms with Gasteiger partial charge in [0.05, 0.1) is 13.2 Å². The summed E-state index contributed by atoms with van der Waals surface area (Å²) in [5, 5.41) is 38.7. The van der Waals surface area contributed by atoms with Crippen molar-refractivity contribution in [3.8, 4) is 78.6 Å². The fraction of sp³-hybridized carbons (Fsp3) is 0.0244. The predicted octanol–water partition coefficient (Wildman–Crippen LogP) is 21.8. The third kappa shape index (κ3) is 9.04. The van der Waals surface area contributed by atoms with Crippen molar-refractivity contribution in [3.05, 3.63) is 302 Å². The molecule has 0 saturated heterocycles. The molecule has 0 aliphatic heterocycles. The van der Waals surface area contributed by atoms with Gasteiger partial charge in [0.25, 0.3) is 0 Å². The van der Waals surface area contributed by atoms with Gasteiger partial charge in [0.15, 0.2) is 0 Å². The van der Waals surface area contributed by atoms with E-state index in [2.05, 4.69) is 279 Å². The number of hydrogen-bond acceptors (Lipinski definition) is 4. The number of aliphatic hydroxyl groups is 2. The molecule has 0 bridgehead atoms. The molecule has 4 nitrogen and oxygen atoms in total. The molecule has 0 fully saturated rings. The summed E-state index contributed by atoms with van der Waals surface area (Å²) in [6.07, 6.45) is 0. The smallest absolute Gasteiger partial charge is 0.136 e. The molecular formula is C82H54O4. The van der Waals surface area contributed by atoms with Crippen molar-refractivity contribution in [2.45, 2.75) is 13.2 Å². The van der Waals surface area contributed by atoms with Gasteiger partial charge in [-0.2, -0.15) is 0 Å². The number of aliphatic hydroxyl groups excluding tert-OH is 2. The summed E-state index contributed by atoms with van der Waals surface area (Å²) < 4.78 is 14.8. The van der Waals surface area contributed by atoms with Crippen LogP contribution in [-0.2, 0) is 13.2 Å². The van der Waals surface area contributed by atoms with E-state index in [1.165, 1.54) is 21.5 Å². The Balaban J connectivity index is 0.920. The molecule has 0 atom stereocenters. The summed E-state index contributed by atoms with van der Waals surface area (Å²) in [7, 11) is 0. The van der Waals surface area contributed by atoms with Crippen LogP contribution in [0.3, 0.4) is 0 Å². The molecule has 0 aliphatic rings. The van der Waals surface area contributed by atoms with Gasteiger partial charge in [-0.05, 0) is 227 Å². The van der Waals surface area contributed by atoms with Gasteiger partial charge in [-0.3, -0.25) is 0 Å². The standard InChI is InChI=1S/C82H54O4/c83-49-51-39-63-27-33-67(47-75(63)77(41-51)73-21-9-17-55-13-5-7-19-69(55)73)85-79-37-31-65-45-61(59-25-23-53-11-1-3-15-57(53)43-59)29-35-71(65)81(79)82-72-36-30-62(60-26-24-54-12-2-4-16-58(54)44-60)46-66(72)32-38-80(82)86-68-34-28-64-40-52(50-84)42-78(76(64)48-68)74-22-10-18-56-14-6-8-20-70(56)74/h1-48,83-84H,49-50H2. The average molecular weight is 1100 g/mol. The summed E-state index contributed by atoms with van der Waals surface area (Å²) in [4.78, 5) is 0. The molecule has 0 amide bonds. The van der Waals surface area contributed by atoms with Crippen LogP contribution in [0.1, 0.15) is 11.1 Å². The molecule has 0 aliphatic carbocycles. The van der Waals surface area contributed by atoms with E-state index in [4.69, 9.17) is 9.47 Å². The number of benzene rings is 16. The van der Waals surface area contributed by atoms with Gasteiger partial charge in [-0.25, -0.2) is 0 Å². The highest BCUT2D eigenvalue weighted by Crippen LogP contribution is 2.50. The lowest BCUT2D eigenvalue weighted by atomic mass is 9.89. The Morgan fingerprint density at radius 3 is 1.01 bits per heavy atom. The van der Waals surface area contributed by atoms with Gasteiger partial charge < -0.3 is 19.7 Å². The Morgan fingerprint density at radius 1 is 0.221 bits per heavy atom. The molecule has 86 heavy (non-hydrogen) atoms. The Kier molecular flexibility index (Phi) is 12.5. The first-order chi connectivity index (χ1) is 42.5. The maximum Gasteiger partial charge on any atom is 0.136 e. The average Bonchev–Trinajstić information content (AvgIpc) is 1.09. The highest BCUT2D eigenvalue weighted by Gasteiger charge is 2.23. The van der Waals surface area contributed by atoms with Gasteiger partial charge in [0.2, 0.25) is 0 Å². The molecule has 0 heterocycles. The number of hydrogen-bond donors (Lipinski definition) is 2. The summed E-state index contributed by atoms with van der Waals surface area (Å²) >= 11 is 0. The monoisotopic (exact) mass is 1100 g/mol. The first-order valence-electron chi connectivity index (χ1n) is 29.3. The van der Waals surface area contributed by atoms with E-state index in [1.54, 1.807) is 0 Å². The van der Waals surface area contributed by atoms with Crippen molar-refractivity contribution in [2.24, 2.45) is 0 Å². The quantitative estimate of drug-likeness (QED) is 0.136. The van der Waals surface area contributed by atoms with Crippen LogP contribution in [0.2, 0.25) is 0 Å². The molecule has 0 saturated carbocycles. The third-order valence-corrected chi connectivity index (χ3v) is 17.3. The molecule has 0 unspecified atom stereocenters. The molecular weight excluding hydrogens is 1050 g/mol. The predicted molar refractivity (Wildman–Crippen MR) is 359 cm³/mol. The van der Waals surface area contributed by atoms with Crippen molar-refractivity contribution in [3.63, 3.8) is 0 Å². The largest absolute Gasteiger partial charge is 0.457 e. The van der Waals surface area contributed by atoms with E-state index in [0.717, 1.165) is 131 Å². The number of fused-ring (bicyclic) bond motifs is 8. The number of rotatable bonds is 11. The van der Waals surface area contributed by atoms with Crippen molar-refractivity contribution < 1.29 is 19.7 Å². The van der Waals surface area contributed by atoms with Crippen molar-refractivity contribution in [2.75, 3.05) is 0 Å². The molecule has 0 spiro atoms. The van der Waals surface area contributed by atoms with Crippen LogP contribution in [-0.4, -0.2) is 10.2 Å². The fourth-order valence-corrected chi connectivity index (χ4v) is 13.1. The van der Waals surface area contributed by atoms with Crippen LogP contribution >= 0.6 is 0 Å². The van der Waals surface area contributed by atoms with Crippen LogP contribution in [0.4, 0.5) is 0 Å². The maximum absolute atomic E-state index is 10.6. The van der Waals surface area contributed by atoms with Crippen molar-refractivity contribution >= 4 is 86.2 Å². The van der Waals surface area contributed by atoms with E-state index < -0.39 is 0 Å². The Hall–Kier alpha value is -10.9. The highest BCUT2D eigenvalue weighted by molar-refractivity contribution is 6.13. The van der Waals surface area contributed by atoms with Gasteiger partial charge in [-0.15, -0.1) is 0 Å². The van der Waals surface area contributed by atoms with Crippen LogP contribution < -0.4 is 9.47 Å². The second kappa shape index (κ2) is 21.1. The summed E-state index contributed by atoms with van der Waals surface area (Å²) in [6.45, 7) is -0.160. The lowest BCUT2D eigenvalue weighted by Gasteiger charge is -2.21. The SMILES string of the molecule is OCc1cc(-c2cccc3ccccc23)c2cc(Oc3ccc4cc(-c5ccc6ccccc6c5)ccc4c3-c3c(Oc4ccc5cc(CO)cc(-c6cccc7ccccc67)c5c4)ccc4cc(-c5ccc6ccccc6c5)ccc34)ccc2c1. The van der Waals surface area contributed by atoms with Gasteiger partial charge in [-0.1, -0.05) is 206 Å². The Bertz CT molecular complexity index is 5060. The van der Waals surface area contributed by atoms with E-state index in [-0.39, 0.29) is 13.2 Å². The van der Waals surface area contributed by atoms with E-state index in [1.807, 2.05) is 12.1 Å². The highest BCUT2D eigenvalue weighted by atomic mass is 16.5. The zero-order chi connectivity index (χ0) is 57.2. The molecule has 2 N–H and O–H groups in total. The first kappa shape index (κ1) is 50.8. The molecule has 0 aromatic heterocycles. The molecule has 4 heteroatoms.